The molecule has 0 saturated carbocycles. The quantitative estimate of drug-likeness (QED) is 0.690. The van der Waals surface area contributed by atoms with E-state index >= 15 is 0 Å². The van der Waals surface area contributed by atoms with Crippen molar-refractivity contribution in [1.29, 1.82) is 0 Å². The Hall–Kier alpha value is -0.570. The fourth-order valence-corrected chi connectivity index (χ4v) is 1.77. The fourth-order valence-electron chi connectivity index (χ4n) is 1.77. The van der Waals surface area contributed by atoms with Gasteiger partial charge >= 0.3 is 0 Å². The highest BCUT2D eigenvalue weighted by molar-refractivity contribution is 5.82. The minimum atomic E-state index is 0.0544. The van der Waals surface area contributed by atoms with Gasteiger partial charge < -0.3 is 10.2 Å². The van der Waals surface area contributed by atoms with Gasteiger partial charge in [-0.3, -0.25) is 4.79 Å². The third-order valence-electron chi connectivity index (χ3n) is 2.89. The van der Waals surface area contributed by atoms with Crippen molar-refractivity contribution in [2.24, 2.45) is 5.92 Å². The zero-order chi connectivity index (χ0) is 9.84. The first-order valence-electron chi connectivity index (χ1n) is 5.15. The monoisotopic (exact) mass is 184 g/mol. The number of carbonyl (C=O) groups excluding carboxylic acids is 1. The van der Waals surface area contributed by atoms with Gasteiger partial charge in [-0.1, -0.05) is 6.92 Å². The molecule has 1 N–H and O–H groups in total. The number of nitrogens with one attached hydrogen (secondary N) is 1. The molecule has 1 aliphatic rings. The number of piperidine rings is 1. The normalized spacial score (nSPS) is 28.5. The molecular formula is C10H20N2O. The van der Waals surface area contributed by atoms with Crippen LogP contribution in [-0.4, -0.2) is 37.0 Å². The van der Waals surface area contributed by atoms with Gasteiger partial charge in [0, 0.05) is 13.6 Å². The Kier molecular flexibility index (Phi) is 3.72. The van der Waals surface area contributed by atoms with Crippen molar-refractivity contribution < 1.29 is 4.79 Å². The molecule has 0 aromatic heterocycles. The smallest absolute Gasteiger partial charge is 0.239 e. The Morgan fingerprint density at radius 1 is 1.62 bits per heavy atom. The molecule has 76 valence electrons. The molecule has 13 heavy (non-hydrogen) atoms. The van der Waals surface area contributed by atoms with E-state index < -0.39 is 0 Å². The average molecular weight is 184 g/mol. The number of carbonyl (C=O) groups is 1. The van der Waals surface area contributed by atoms with Gasteiger partial charge in [-0.2, -0.15) is 0 Å². The molecule has 1 saturated heterocycles. The largest absolute Gasteiger partial charge is 0.345 e. The maximum absolute atomic E-state index is 11.8. The zero-order valence-electron chi connectivity index (χ0n) is 8.84. The first kappa shape index (κ1) is 10.5. The van der Waals surface area contributed by atoms with Gasteiger partial charge in [0.25, 0.3) is 0 Å². The molecule has 0 aromatic carbocycles. The summed E-state index contributed by atoms with van der Waals surface area (Å²) in [6, 6.07) is 0.0544. The highest BCUT2D eigenvalue weighted by Gasteiger charge is 2.28. The summed E-state index contributed by atoms with van der Waals surface area (Å²) in [7, 11) is 1.87. The number of hydrogen-bond donors (Lipinski definition) is 1. The van der Waals surface area contributed by atoms with E-state index in [-0.39, 0.29) is 11.9 Å². The lowest BCUT2D eigenvalue weighted by molar-refractivity contribution is -0.133. The van der Waals surface area contributed by atoms with Crippen molar-refractivity contribution in [3.63, 3.8) is 0 Å². The summed E-state index contributed by atoms with van der Waals surface area (Å²) in [5.41, 5.74) is 0. The van der Waals surface area contributed by atoms with Crippen LogP contribution < -0.4 is 5.32 Å². The first-order valence-corrected chi connectivity index (χ1v) is 5.15. The molecule has 0 aromatic rings. The number of likely N-dealkylation sites (N-methyl/N-ethyl adjacent to an activating group) is 1. The van der Waals surface area contributed by atoms with Crippen LogP contribution in [-0.2, 0) is 4.79 Å². The van der Waals surface area contributed by atoms with E-state index in [2.05, 4.69) is 12.2 Å². The predicted molar refractivity (Wildman–Crippen MR) is 53.5 cm³/mol. The van der Waals surface area contributed by atoms with Crippen molar-refractivity contribution in [2.45, 2.75) is 32.7 Å². The minimum absolute atomic E-state index is 0.0544. The summed E-state index contributed by atoms with van der Waals surface area (Å²) in [6.45, 7) is 5.94. The Morgan fingerprint density at radius 3 is 2.85 bits per heavy atom. The molecule has 0 spiro atoms. The minimum Gasteiger partial charge on any atom is -0.345 e. The van der Waals surface area contributed by atoms with E-state index in [0.717, 1.165) is 13.1 Å². The van der Waals surface area contributed by atoms with Crippen LogP contribution in [0.5, 0.6) is 0 Å². The Bertz CT molecular complexity index is 182. The van der Waals surface area contributed by atoms with Crippen molar-refractivity contribution in [1.82, 2.24) is 10.2 Å². The second-order valence-electron chi connectivity index (χ2n) is 3.90. The van der Waals surface area contributed by atoms with E-state index in [1.807, 2.05) is 14.0 Å². The van der Waals surface area contributed by atoms with Crippen LogP contribution in [0.2, 0.25) is 0 Å². The van der Waals surface area contributed by atoms with Crippen molar-refractivity contribution in [2.75, 3.05) is 20.1 Å². The third-order valence-corrected chi connectivity index (χ3v) is 2.89. The van der Waals surface area contributed by atoms with Crippen LogP contribution in [0.25, 0.3) is 0 Å². The molecular weight excluding hydrogens is 164 g/mol. The molecule has 0 aliphatic carbocycles. The standard InChI is InChI=1S/C10H20N2O/c1-4-12(3)10(13)9-8(2)6-5-7-11-9/h8-9,11H,4-7H2,1-3H3. The van der Waals surface area contributed by atoms with Crippen LogP contribution in [0.1, 0.15) is 26.7 Å². The van der Waals surface area contributed by atoms with Gasteiger partial charge in [0.1, 0.15) is 0 Å². The van der Waals surface area contributed by atoms with E-state index in [4.69, 9.17) is 0 Å². The SMILES string of the molecule is CCN(C)C(=O)C1NCCCC1C. The Labute approximate surface area is 80.5 Å². The van der Waals surface area contributed by atoms with Gasteiger partial charge in [0.15, 0.2) is 0 Å². The molecule has 1 heterocycles. The predicted octanol–water partition coefficient (Wildman–Crippen LogP) is 0.853. The number of rotatable bonds is 2. The van der Waals surface area contributed by atoms with Crippen LogP contribution in [0.3, 0.4) is 0 Å². The summed E-state index contributed by atoms with van der Waals surface area (Å²) in [6.07, 6.45) is 2.36. The van der Waals surface area contributed by atoms with Crippen LogP contribution in [0.15, 0.2) is 0 Å². The van der Waals surface area contributed by atoms with Gasteiger partial charge in [-0.15, -0.1) is 0 Å². The lowest BCUT2D eigenvalue weighted by atomic mass is 9.92. The van der Waals surface area contributed by atoms with Crippen molar-refractivity contribution in [3.8, 4) is 0 Å². The lowest BCUT2D eigenvalue weighted by Crippen LogP contribution is -2.51. The topological polar surface area (TPSA) is 32.3 Å². The molecule has 2 atom stereocenters. The van der Waals surface area contributed by atoms with E-state index in [1.54, 1.807) is 4.90 Å². The zero-order valence-corrected chi connectivity index (χ0v) is 8.84. The maximum atomic E-state index is 11.8. The molecule has 1 amide bonds. The van der Waals surface area contributed by atoms with Crippen LogP contribution in [0, 0.1) is 5.92 Å². The van der Waals surface area contributed by atoms with Gasteiger partial charge in [-0.05, 0) is 32.2 Å². The van der Waals surface area contributed by atoms with Gasteiger partial charge in [-0.25, -0.2) is 0 Å². The fraction of sp³-hybridized carbons (Fsp3) is 0.900. The Morgan fingerprint density at radius 2 is 2.31 bits per heavy atom. The van der Waals surface area contributed by atoms with Gasteiger partial charge in [0.05, 0.1) is 6.04 Å². The van der Waals surface area contributed by atoms with Crippen LogP contribution in [0.4, 0.5) is 0 Å². The molecule has 1 aliphatic heterocycles. The molecule has 1 fully saturated rings. The van der Waals surface area contributed by atoms with E-state index in [9.17, 15) is 4.79 Å². The first-order chi connectivity index (χ1) is 6.16. The molecule has 0 bridgehead atoms. The summed E-state index contributed by atoms with van der Waals surface area (Å²) >= 11 is 0. The molecule has 2 unspecified atom stereocenters. The summed E-state index contributed by atoms with van der Waals surface area (Å²) in [5, 5.41) is 3.29. The molecule has 1 rings (SSSR count). The highest BCUT2D eigenvalue weighted by Crippen LogP contribution is 2.16. The highest BCUT2D eigenvalue weighted by atomic mass is 16.2. The van der Waals surface area contributed by atoms with E-state index in [1.165, 1.54) is 12.8 Å². The molecule has 0 radical (unpaired) electrons. The van der Waals surface area contributed by atoms with Crippen molar-refractivity contribution in [3.05, 3.63) is 0 Å². The number of hydrogen-bond acceptors (Lipinski definition) is 2. The number of nitrogens with zero attached hydrogens (tertiary/aromatic N) is 1. The van der Waals surface area contributed by atoms with Gasteiger partial charge in [0.2, 0.25) is 5.91 Å². The second kappa shape index (κ2) is 4.61. The number of amides is 1. The summed E-state index contributed by atoms with van der Waals surface area (Å²) in [4.78, 5) is 13.6. The average Bonchev–Trinajstić information content (AvgIpc) is 2.16. The Balaban J connectivity index is 2.53. The summed E-state index contributed by atoms with van der Waals surface area (Å²) in [5.74, 6) is 0.727. The lowest BCUT2D eigenvalue weighted by Gasteiger charge is -2.31. The van der Waals surface area contributed by atoms with Crippen molar-refractivity contribution >= 4 is 5.91 Å². The van der Waals surface area contributed by atoms with E-state index in [0.29, 0.717) is 5.92 Å². The summed E-state index contributed by atoms with van der Waals surface area (Å²) < 4.78 is 0. The maximum Gasteiger partial charge on any atom is 0.239 e. The third kappa shape index (κ3) is 2.44. The second-order valence-corrected chi connectivity index (χ2v) is 3.90. The molecule has 3 nitrogen and oxygen atoms in total. The van der Waals surface area contributed by atoms with Crippen LogP contribution >= 0.6 is 0 Å². The molecule has 3 heteroatoms.